The highest BCUT2D eigenvalue weighted by Crippen LogP contribution is 2.25. The Morgan fingerprint density at radius 1 is 1.44 bits per heavy atom. The van der Waals surface area contributed by atoms with Crippen LogP contribution in [0.2, 0.25) is 0 Å². The van der Waals surface area contributed by atoms with Crippen molar-refractivity contribution in [1.82, 2.24) is 4.90 Å². The summed E-state index contributed by atoms with van der Waals surface area (Å²) in [6.07, 6.45) is 0. The maximum Gasteiger partial charge on any atom is 0.260 e. The van der Waals surface area contributed by atoms with Gasteiger partial charge < -0.3 is 20.1 Å². The fourth-order valence-electron chi connectivity index (χ4n) is 1.34. The first kappa shape index (κ1) is 14.2. The van der Waals surface area contributed by atoms with Crippen LogP contribution in [0.25, 0.3) is 0 Å². The standard InChI is InChI=1S/C13H20N2O3/c1-9(2)15(3)13(16)8-18-10-5-6-12(17-4)11(14)7-10/h5-7,9H,8,14H2,1-4H3. The lowest BCUT2D eigenvalue weighted by Crippen LogP contribution is -2.36. The minimum Gasteiger partial charge on any atom is -0.495 e. The number of nitrogen functional groups attached to an aromatic ring is 1. The van der Waals surface area contributed by atoms with Crippen molar-refractivity contribution in [2.75, 3.05) is 26.5 Å². The zero-order valence-electron chi connectivity index (χ0n) is 11.3. The van der Waals surface area contributed by atoms with Crippen LogP contribution in [0.15, 0.2) is 18.2 Å². The van der Waals surface area contributed by atoms with Crippen LogP contribution in [-0.2, 0) is 4.79 Å². The van der Waals surface area contributed by atoms with Crippen LogP contribution in [-0.4, -0.2) is 37.6 Å². The number of carbonyl (C=O) groups is 1. The quantitative estimate of drug-likeness (QED) is 0.807. The molecule has 1 amide bonds. The van der Waals surface area contributed by atoms with E-state index in [1.165, 1.54) is 0 Å². The lowest BCUT2D eigenvalue weighted by Gasteiger charge is -2.21. The highest BCUT2D eigenvalue weighted by Gasteiger charge is 2.12. The maximum atomic E-state index is 11.7. The summed E-state index contributed by atoms with van der Waals surface area (Å²) in [5.41, 5.74) is 6.23. The molecule has 1 rings (SSSR count). The van der Waals surface area contributed by atoms with Gasteiger partial charge >= 0.3 is 0 Å². The highest BCUT2D eigenvalue weighted by molar-refractivity contribution is 5.77. The van der Waals surface area contributed by atoms with E-state index in [0.717, 1.165) is 0 Å². The van der Waals surface area contributed by atoms with Crippen LogP contribution < -0.4 is 15.2 Å². The van der Waals surface area contributed by atoms with Crippen molar-refractivity contribution in [3.05, 3.63) is 18.2 Å². The number of anilines is 1. The van der Waals surface area contributed by atoms with Crippen molar-refractivity contribution in [1.29, 1.82) is 0 Å². The SMILES string of the molecule is COc1ccc(OCC(=O)N(C)C(C)C)cc1N. The highest BCUT2D eigenvalue weighted by atomic mass is 16.5. The van der Waals surface area contributed by atoms with Crippen LogP contribution >= 0.6 is 0 Å². The third-order valence-corrected chi connectivity index (χ3v) is 2.73. The molecular weight excluding hydrogens is 232 g/mol. The van der Waals surface area contributed by atoms with E-state index in [-0.39, 0.29) is 18.6 Å². The predicted octanol–water partition coefficient (Wildman–Crippen LogP) is 1.52. The van der Waals surface area contributed by atoms with Gasteiger partial charge in [0.1, 0.15) is 11.5 Å². The second kappa shape index (κ2) is 6.14. The summed E-state index contributed by atoms with van der Waals surface area (Å²) in [6.45, 7) is 3.90. The van der Waals surface area contributed by atoms with Gasteiger partial charge in [0.25, 0.3) is 5.91 Å². The molecule has 5 heteroatoms. The number of likely N-dealkylation sites (N-methyl/N-ethyl adjacent to an activating group) is 1. The Bertz CT molecular complexity index is 419. The number of hydrogen-bond acceptors (Lipinski definition) is 4. The lowest BCUT2D eigenvalue weighted by molar-refractivity contribution is -0.133. The first-order valence-corrected chi connectivity index (χ1v) is 5.77. The van der Waals surface area contributed by atoms with Crippen molar-refractivity contribution >= 4 is 11.6 Å². The molecule has 0 heterocycles. The Hall–Kier alpha value is -1.91. The van der Waals surface area contributed by atoms with E-state index in [1.807, 2.05) is 13.8 Å². The minimum absolute atomic E-state index is 0.000445. The van der Waals surface area contributed by atoms with E-state index in [4.69, 9.17) is 15.2 Å². The van der Waals surface area contributed by atoms with Crippen molar-refractivity contribution in [2.45, 2.75) is 19.9 Å². The molecule has 0 saturated carbocycles. The van der Waals surface area contributed by atoms with Crippen molar-refractivity contribution in [3.8, 4) is 11.5 Å². The predicted molar refractivity (Wildman–Crippen MR) is 70.8 cm³/mol. The average molecular weight is 252 g/mol. The van der Waals surface area contributed by atoms with E-state index >= 15 is 0 Å². The van der Waals surface area contributed by atoms with Crippen LogP contribution in [0.3, 0.4) is 0 Å². The van der Waals surface area contributed by atoms with E-state index < -0.39 is 0 Å². The molecule has 0 spiro atoms. The number of ether oxygens (including phenoxy) is 2. The molecule has 18 heavy (non-hydrogen) atoms. The minimum atomic E-state index is -0.0700. The van der Waals surface area contributed by atoms with Gasteiger partial charge in [0, 0.05) is 19.2 Å². The number of carbonyl (C=O) groups excluding carboxylic acids is 1. The van der Waals surface area contributed by atoms with Gasteiger partial charge in [-0.2, -0.15) is 0 Å². The Morgan fingerprint density at radius 3 is 2.61 bits per heavy atom. The smallest absolute Gasteiger partial charge is 0.260 e. The molecule has 0 radical (unpaired) electrons. The second-order valence-electron chi connectivity index (χ2n) is 4.29. The van der Waals surface area contributed by atoms with Gasteiger partial charge in [-0.15, -0.1) is 0 Å². The molecule has 0 unspecified atom stereocenters. The van der Waals surface area contributed by atoms with Crippen molar-refractivity contribution < 1.29 is 14.3 Å². The summed E-state index contributed by atoms with van der Waals surface area (Å²) in [5.74, 6) is 1.08. The van der Waals surface area contributed by atoms with Gasteiger partial charge in [-0.1, -0.05) is 0 Å². The van der Waals surface area contributed by atoms with Gasteiger partial charge in [0.2, 0.25) is 0 Å². The molecule has 0 bridgehead atoms. The van der Waals surface area contributed by atoms with Crippen molar-refractivity contribution in [2.24, 2.45) is 0 Å². The van der Waals surface area contributed by atoms with Gasteiger partial charge in [-0.05, 0) is 26.0 Å². The topological polar surface area (TPSA) is 64.8 Å². The Kier molecular flexibility index (Phi) is 4.83. The molecule has 0 fully saturated rings. The Labute approximate surface area is 107 Å². The van der Waals surface area contributed by atoms with Gasteiger partial charge in [0.15, 0.2) is 6.61 Å². The largest absolute Gasteiger partial charge is 0.495 e. The van der Waals surface area contributed by atoms with Gasteiger partial charge in [-0.3, -0.25) is 4.79 Å². The fraction of sp³-hybridized carbons (Fsp3) is 0.462. The van der Waals surface area contributed by atoms with E-state index in [1.54, 1.807) is 37.3 Å². The van der Waals surface area contributed by atoms with Crippen LogP contribution in [0.1, 0.15) is 13.8 Å². The summed E-state index contributed by atoms with van der Waals surface area (Å²) < 4.78 is 10.4. The van der Waals surface area contributed by atoms with Crippen molar-refractivity contribution in [3.63, 3.8) is 0 Å². The first-order valence-electron chi connectivity index (χ1n) is 5.77. The Morgan fingerprint density at radius 2 is 2.11 bits per heavy atom. The molecule has 0 aliphatic carbocycles. The third kappa shape index (κ3) is 3.55. The summed E-state index contributed by atoms with van der Waals surface area (Å²) in [7, 11) is 3.30. The van der Waals surface area contributed by atoms with Crippen LogP contribution in [0.4, 0.5) is 5.69 Å². The zero-order valence-corrected chi connectivity index (χ0v) is 11.3. The number of nitrogens with two attached hydrogens (primary N) is 1. The summed E-state index contributed by atoms with van der Waals surface area (Å²) in [6, 6.07) is 5.22. The number of rotatable bonds is 5. The molecule has 0 saturated heterocycles. The number of benzene rings is 1. The summed E-state index contributed by atoms with van der Waals surface area (Å²) in [5, 5.41) is 0. The number of methoxy groups -OCH3 is 1. The molecule has 5 nitrogen and oxygen atoms in total. The Balaban J connectivity index is 2.59. The van der Waals surface area contributed by atoms with Crippen LogP contribution in [0.5, 0.6) is 11.5 Å². The molecule has 0 aromatic heterocycles. The molecule has 1 aromatic carbocycles. The number of amides is 1. The lowest BCUT2D eigenvalue weighted by atomic mass is 10.3. The van der Waals surface area contributed by atoms with Gasteiger partial charge in [-0.25, -0.2) is 0 Å². The van der Waals surface area contributed by atoms with Gasteiger partial charge in [0.05, 0.1) is 12.8 Å². The van der Waals surface area contributed by atoms with E-state index in [9.17, 15) is 4.79 Å². The molecule has 1 aromatic rings. The molecule has 0 aliphatic heterocycles. The van der Waals surface area contributed by atoms with E-state index in [0.29, 0.717) is 17.2 Å². The molecular formula is C13H20N2O3. The number of nitrogens with zero attached hydrogens (tertiary/aromatic N) is 1. The monoisotopic (exact) mass is 252 g/mol. The first-order chi connectivity index (χ1) is 8.45. The molecule has 100 valence electrons. The summed E-state index contributed by atoms with van der Waals surface area (Å²) in [4.78, 5) is 13.3. The second-order valence-corrected chi connectivity index (χ2v) is 4.29. The maximum absolute atomic E-state index is 11.7. The average Bonchev–Trinajstić information content (AvgIpc) is 2.35. The number of hydrogen-bond donors (Lipinski definition) is 1. The zero-order chi connectivity index (χ0) is 13.7. The molecule has 0 atom stereocenters. The molecule has 2 N–H and O–H groups in total. The fourth-order valence-corrected chi connectivity index (χ4v) is 1.34. The molecule has 0 aliphatic rings. The normalized spacial score (nSPS) is 10.3. The van der Waals surface area contributed by atoms with E-state index in [2.05, 4.69) is 0 Å². The third-order valence-electron chi connectivity index (χ3n) is 2.73. The summed E-state index contributed by atoms with van der Waals surface area (Å²) >= 11 is 0. The van der Waals surface area contributed by atoms with Crippen LogP contribution in [0, 0.1) is 0 Å².